The maximum absolute atomic E-state index is 6.00. The maximum atomic E-state index is 6.00. The topological polar surface area (TPSA) is 30.5 Å². The van der Waals surface area contributed by atoms with Gasteiger partial charge >= 0.3 is 0 Å². The average molecular weight is 233 g/mol. The van der Waals surface area contributed by atoms with Gasteiger partial charge in [-0.05, 0) is 49.1 Å². The normalized spacial score (nSPS) is 27.8. The second-order valence-electron chi connectivity index (χ2n) is 4.81. The van der Waals surface area contributed by atoms with Crippen LogP contribution in [0, 0.1) is 0 Å². The maximum Gasteiger partial charge on any atom is 0.119 e. The Labute approximate surface area is 102 Å². The molecule has 2 aliphatic rings. The molecule has 0 amide bonds. The van der Waals surface area contributed by atoms with E-state index in [0.717, 1.165) is 38.2 Å². The Morgan fingerprint density at radius 1 is 1.41 bits per heavy atom. The van der Waals surface area contributed by atoms with Crippen LogP contribution in [0.1, 0.15) is 30.1 Å². The van der Waals surface area contributed by atoms with Gasteiger partial charge in [-0.15, -0.1) is 0 Å². The second kappa shape index (κ2) is 4.67. The highest BCUT2D eigenvalue weighted by Gasteiger charge is 2.31. The monoisotopic (exact) mass is 233 g/mol. The zero-order valence-electron chi connectivity index (χ0n) is 10.2. The van der Waals surface area contributed by atoms with E-state index in [9.17, 15) is 0 Å². The number of benzene rings is 1. The van der Waals surface area contributed by atoms with E-state index in [1.165, 1.54) is 11.1 Å². The molecule has 0 spiro atoms. The molecule has 1 fully saturated rings. The molecule has 1 N–H and O–H groups in total. The van der Waals surface area contributed by atoms with E-state index in [2.05, 4.69) is 17.4 Å². The fourth-order valence-electron chi connectivity index (χ4n) is 2.87. The minimum atomic E-state index is 0.229. The molecule has 92 valence electrons. The van der Waals surface area contributed by atoms with Gasteiger partial charge in [0.1, 0.15) is 5.75 Å². The summed E-state index contributed by atoms with van der Waals surface area (Å²) in [5.74, 6) is 0.948. The Morgan fingerprint density at radius 2 is 2.35 bits per heavy atom. The molecular weight excluding hydrogens is 214 g/mol. The molecule has 1 aliphatic heterocycles. The molecule has 1 heterocycles. The number of rotatable bonds is 1. The van der Waals surface area contributed by atoms with Crippen LogP contribution in [0.25, 0.3) is 0 Å². The molecule has 2 unspecified atom stereocenters. The lowest BCUT2D eigenvalue weighted by molar-refractivity contribution is 0.0347. The van der Waals surface area contributed by atoms with Crippen molar-refractivity contribution in [3.05, 3.63) is 29.3 Å². The molecule has 0 bridgehead atoms. The summed E-state index contributed by atoms with van der Waals surface area (Å²) in [6, 6.07) is 6.84. The van der Waals surface area contributed by atoms with E-state index in [1.54, 1.807) is 7.11 Å². The van der Waals surface area contributed by atoms with Crippen LogP contribution in [0.5, 0.6) is 5.75 Å². The largest absolute Gasteiger partial charge is 0.497 e. The van der Waals surface area contributed by atoms with Gasteiger partial charge < -0.3 is 14.8 Å². The standard InChI is InChI=1S/C14H19NO2/c1-16-11-4-5-12-10(9-11)3-6-13-14(12)17-8-2-7-15-13/h4-5,9,13-15H,2-3,6-8H2,1H3. The summed E-state index contributed by atoms with van der Waals surface area (Å²) >= 11 is 0. The van der Waals surface area contributed by atoms with Crippen molar-refractivity contribution >= 4 is 0 Å². The quantitative estimate of drug-likeness (QED) is 0.805. The SMILES string of the molecule is COc1ccc2c(c1)CCC1NCCCOC21. The zero-order chi connectivity index (χ0) is 11.7. The van der Waals surface area contributed by atoms with Gasteiger partial charge in [0.05, 0.1) is 13.2 Å². The summed E-state index contributed by atoms with van der Waals surface area (Å²) in [5, 5.41) is 3.60. The molecule has 2 atom stereocenters. The molecule has 3 heteroatoms. The van der Waals surface area contributed by atoms with E-state index in [-0.39, 0.29) is 6.10 Å². The summed E-state index contributed by atoms with van der Waals surface area (Å²) in [7, 11) is 1.72. The van der Waals surface area contributed by atoms with Gasteiger partial charge in [0.2, 0.25) is 0 Å². The molecule has 1 saturated heterocycles. The van der Waals surface area contributed by atoms with Gasteiger partial charge in [-0.1, -0.05) is 6.07 Å². The Morgan fingerprint density at radius 3 is 3.24 bits per heavy atom. The van der Waals surface area contributed by atoms with E-state index >= 15 is 0 Å². The van der Waals surface area contributed by atoms with Gasteiger partial charge in [-0.3, -0.25) is 0 Å². The van der Waals surface area contributed by atoms with Gasteiger partial charge in [0.15, 0.2) is 0 Å². The average Bonchev–Trinajstić information content (AvgIpc) is 2.63. The van der Waals surface area contributed by atoms with Crippen molar-refractivity contribution in [2.24, 2.45) is 0 Å². The third-order valence-corrected chi connectivity index (χ3v) is 3.77. The van der Waals surface area contributed by atoms with E-state index in [0.29, 0.717) is 6.04 Å². The number of ether oxygens (including phenoxy) is 2. The number of methoxy groups -OCH3 is 1. The fraction of sp³-hybridized carbons (Fsp3) is 0.571. The van der Waals surface area contributed by atoms with Crippen LogP contribution >= 0.6 is 0 Å². The van der Waals surface area contributed by atoms with Crippen LogP contribution in [-0.2, 0) is 11.2 Å². The number of fused-ring (bicyclic) bond motifs is 3. The smallest absolute Gasteiger partial charge is 0.119 e. The molecule has 3 rings (SSSR count). The molecule has 1 aromatic carbocycles. The molecule has 3 nitrogen and oxygen atoms in total. The van der Waals surface area contributed by atoms with Crippen molar-refractivity contribution in [2.75, 3.05) is 20.3 Å². The molecule has 0 radical (unpaired) electrons. The first-order chi connectivity index (χ1) is 8.38. The lowest BCUT2D eigenvalue weighted by atomic mass is 9.85. The molecule has 1 aromatic rings. The summed E-state index contributed by atoms with van der Waals surface area (Å²) in [6.07, 6.45) is 3.61. The first kappa shape index (κ1) is 11.1. The minimum absolute atomic E-state index is 0.229. The van der Waals surface area contributed by atoms with Crippen LogP contribution in [0.4, 0.5) is 0 Å². The van der Waals surface area contributed by atoms with Gasteiger partial charge in [-0.2, -0.15) is 0 Å². The van der Waals surface area contributed by atoms with Crippen molar-refractivity contribution in [3.63, 3.8) is 0 Å². The first-order valence-corrected chi connectivity index (χ1v) is 6.40. The third-order valence-electron chi connectivity index (χ3n) is 3.77. The van der Waals surface area contributed by atoms with Crippen molar-refractivity contribution in [1.29, 1.82) is 0 Å². The Kier molecular flexibility index (Phi) is 3.04. The molecule has 0 saturated carbocycles. The van der Waals surface area contributed by atoms with Gasteiger partial charge in [0, 0.05) is 12.6 Å². The minimum Gasteiger partial charge on any atom is -0.497 e. The van der Waals surface area contributed by atoms with Crippen molar-refractivity contribution in [2.45, 2.75) is 31.4 Å². The molecule has 17 heavy (non-hydrogen) atoms. The van der Waals surface area contributed by atoms with E-state index in [1.807, 2.05) is 6.07 Å². The number of nitrogens with one attached hydrogen (secondary N) is 1. The highest BCUT2D eigenvalue weighted by atomic mass is 16.5. The van der Waals surface area contributed by atoms with Crippen molar-refractivity contribution in [1.82, 2.24) is 5.32 Å². The predicted octanol–water partition coefficient (Wildman–Crippen LogP) is 2.06. The van der Waals surface area contributed by atoms with Crippen molar-refractivity contribution in [3.8, 4) is 5.75 Å². The van der Waals surface area contributed by atoms with Crippen LogP contribution in [0.2, 0.25) is 0 Å². The third kappa shape index (κ3) is 2.05. The highest BCUT2D eigenvalue weighted by molar-refractivity contribution is 5.39. The van der Waals surface area contributed by atoms with Gasteiger partial charge in [0.25, 0.3) is 0 Å². The second-order valence-corrected chi connectivity index (χ2v) is 4.81. The highest BCUT2D eigenvalue weighted by Crippen LogP contribution is 2.35. The molecular formula is C14H19NO2. The zero-order valence-corrected chi connectivity index (χ0v) is 10.2. The number of hydrogen-bond donors (Lipinski definition) is 1. The lowest BCUT2D eigenvalue weighted by Gasteiger charge is -2.32. The van der Waals surface area contributed by atoms with Crippen molar-refractivity contribution < 1.29 is 9.47 Å². The fourth-order valence-corrected chi connectivity index (χ4v) is 2.87. The van der Waals surface area contributed by atoms with E-state index in [4.69, 9.17) is 9.47 Å². The summed E-state index contributed by atoms with van der Waals surface area (Å²) in [4.78, 5) is 0. The number of aryl methyl sites for hydroxylation is 1. The Balaban J connectivity index is 1.94. The van der Waals surface area contributed by atoms with Crippen LogP contribution < -0.4 is 10.1 Å². The van der Waals surface area contributed by atoms with E-state index < -0.39 is 0 Å². The lowest BCUT2D eigenvalue weighted by Crippen LogP contribution is -2.37. The number of hydrogen-bond acceptors (Lipinski definition) is 3. The molecule has 0 aromatic heterocycles. The summed E-state index contributed by atoms with van der Waals surface area (Å²) in [5.41, 5.74) is 2.73. The summed E-state index contributed by atoms with van der Waals surface area (Å²) < 4.78 is 11.3. The van der Waals surface area contributed by atoms with Crippen LogP contribution in [0.15, 0.2) is 18.2 Å². The predicted molar refractivity (Wildman–Crippen MR) is 66.4 cm³/mol. The van der Waals surface area contributed by atoms with Gasteiger partial charge in [-0.25, -0.2) is 0 Å². The first-order valence-electron chi connectivity index (χ1n) is 6.40. The van der Waals surface area contributed by atoms with Crippen LogP contribution in [-0.4, -0.2) is 26.3 Å². The summed E-state index contributed by atoms with van der Waals surface area (Å²) in [6.45, 7) is 1.94. The Bertz CT molecular complexity index is 405. The molecule has 1 aliphatic carbocycles. The Hall–Kier alpha value is -1.06. The van der Waals surface area contributed by atoms with Crippen LogP contribution in [0.3, 0.4) is 0 Å².